The third-order valence-electron chi connectivity index (χ3n) is 3.60. The fraction of sp³-hybridized carbons (Fsp3) is 0.105. The molecule has 2 nitrogen and oxygen atoms in total. The van der Waals surface area contributed by atoms with Crippen LogP contribution in [0.4, 0.5) is 4.39 Å². The van der Waals surface area contributed by atoms with Gasteiger partial charge in [0.2, 0.25) is 0 Å². The van der Waals surface area contributed by atoms with Crippen LogP contribution in [0.3, 0.4) is 0 Å². The van der Waals surface area contributed by atoms with E-state index in [1.807, 2.05) is 32.0 Å². The molecule has 0 aromatic heterocycles. The molecule has 22 heavy (non-hydrogen) atoms. The molecule has 0 saturated carbocycles. The summed E-state index contributed by atoms with van der Waals surface area (Å²) < 4.78 is 19.0. The zero-order valence-corrected chi connectivity index (χ0v) is 12.4. The summed E-state index contributed by atoms with van der Waals surface area (Å²) in [5, 5.41) is 0. The van der Waals surface area contributed by atoms with E-state index in [0.29, 0.717) is 16.9 Å². The Bertz CT molecular complexity index is 816. The van der Waals surface area contributed by atoms with Crippen LogP contribution in [0.25, 0.3) is 11.8 Å². The van der Waals surface area contributed by atoms with Crippen LogP contribution in [0.5, 0.6) is 0 Å². The van der Waals surface area contributed by atoms with E-state index in [-0.39, 0.29) is 5.82 Å². The van der Waals surface area contributed by atoms with E-state index in [1.165, 1.54) is 12.1 Å². The van der Waals surface area contributed by atoms with Crippen molar-refractivity contribution in [1.82, 2.24) is 0 Å². The highest BCUT2D eigenvalue weighted by molar-refractivity contribution is 6.05. The maximum atomic E-state index is 13.7. The first-order valence-corrected chi connectivity index (χ1v) is 7.02. The quantitative estimate of drug-likeness (QED) is 0.605. The molecule has 3 heteroatoms. The molecule has 1 aliphatic heterocycles. The number of ether oxygens (including phenoxy) is 1. The van der Waals surface area contributed by atoms with Gasteiger partial charge >= 0.3 is 5.97 Å². The van der Waals surface area contributed by atoms with Gasteiger partial charge in [0.25, 0.3) is 0 Å². The molecule has 0 amide bonds. The van der Waals surface area contributed by atoms with Crippen molar-refractivity contribution in [2.45, 2.75) is 13.8 Å². The Morgan fingerprint density at radius 2 is 1.86 bits per heavy atom. The Balaban J connectivity index is 2.02. The van der Waals surface area contributed by atoms with Gasteiger partial charge in [0.15, 0.2) is 0 Å². The minimum atomic E-state index is -0.459. The molecule has 0 aliphatic carbocycles. The molecular weight excluding hydrogens is 279 g/mol. The molecule has 0 N–H and O–H groups in total. The van der Waals surface area contributed by atoms with Crippen LogP contribution < -0.4 is 0 Å². The largest absolute Gasteiger partial charge is 0.422 e. The number of cyclic esters (lactones) is 1. The number of rotatable bonds is 2. The summed E-state index contributed by atoms with van der Waals surface area (Å²) in [6, 6.07) is 12.3. The first-order chi connectivity index (χ1) is 10.5. The zero-order valence-electron chi connectivity index (χ0n) is 12.4. The first kappa shape index (κ1) is 14.3. The minimum Gasteiger partial charge on any atom is -0.422 e. The molecule has 0 atom stereocenters. The molecule has 0 bridgehead atoms. The number of halogens is 1. The standard InChI is InChI=1S/C19H15FO2/c1-12-7-8-13(2)16(9-12)18-11-15(19(21)22-18)10-14-5-3-4-6-17(14)20/h3-11H,1-2H3/b15-10+. The summed E-state index contributed by atoms with van der Waals surface area (Å²) in [7, 11) is 0. The monoisotopic (exact) mass is 294 g/mol. The number of esters is 1. The summed E-state index contributed by atoms with van der Waals surface area (Å²) in [6.45, 7) is 3.94. The lowest BCUT2D eigenvalue weighted by Crippen LogP contribution is -1.98. The molecule has 110 valence electrons. The fourth-order valence-corrected chi connectivity index (χ4v) is 2.38. The number of benzene rings is 2. The van der Waals surface area contributed by atoms with Crippen LogP contribution in [-0.4, -0.2) is 5.97 Å². The summed E-state index contributed by atoms with van der Waals surface area (Å²) in [6.07, 6.45) is 3.17. The van der Waals surface area contributed by atoms with E-state index in [4.69, 9.17) is 4.74 Å². The predicted octanol–water partition coefficient (Wildman–Crippen LogP) is 4.42. The maximum absolute atomic E-state index is 13.7. The van der Waals surface area contributed by atoms with Gasteiger partial charge in [-0.2, -0.15) is 0 Å². The van der Waals surface area contributed by atoms with Gasteiger partial charge in [-0.1, -0.05) is 35.9 Å². The highest BCUT2D eigenvalue weighted by Crippen LogP contribution is 2.30. The molecule has 3 rings (SSSR count). The Kier molecular flexibility index (Phi) is 3.63. The Labute approximate surface area is 128 Å². The summed E-state index contributed by atoms with van der Waals surface area (Å²) >= 11 is 0. The number of hydrogen-bond donors (Lipinski definition) is 0. The lowest BCUT2D eigenvalue weighted by atomic mass is 10.0. The smallest absolute Gasteiger partial charge is 0.343 e. The van der Waals surface area contributed by atoms with E-state index in [2.05, 4.69) is 0 Å². The minimum absolute atomic E-state index is 0.348. The van der Waals surface area contributed by atoms with Crippen molar-refractivity contribution in [3.05, 3.63) is 82.2 Å². The van der Waals surface area contributed by atoms with E-state index in [9.17, 15) is 9.18 Å². The first-order valence-electron chi connectivity index (χ1n) is 7.02. The van der Waals surface area contributed by atoms with Crippen LogP contribution in [0.1, 0.15) is 22.3 Å². The Morgan fingerprint density at radius 3 is 2.64 bits per heavy atom. The molecule has 0 unspecified atom stereocenters. The molecule has 2 aromatic carbocycles. The zero-order chi connectivity index (χ0) is 15.7. The average molecular weight is 294 g/mol. The number of hydrogen-bond acceptors (Lipinski definition) is 2. The topological polar surface area (TPSA) is 26.3 Å². The van der Waals surface area contributed by atoms with Gasteiger partial charge in [-0.3, -0.25) is 0 Å². The molecule has 1 heterocycles. The molecular formula is C19H15FO2. The summed E-state index contributed by atoms with van der Waals surface area (Å²) in [4.78, 5) is 12.0. The molecule has 0 fully saturated rings. The van der Waals surface area contributed by atoms with Gasteiger partial charge in [0.1, 0.15) is 11.6 Å². The van der Waals surface area contributed by atoms with Crippen LogP contribution in [-0.2, 0) is 9.53 Å². The lowest BCUT2D eigenvalue weighted by molar-refractivity contribution is -0.130. The van der Waals surface area contributed by atoms with Crippen LogP contribution >= 0.6 is 0 Å². The molecule has 0 radical (unpaired) electrons. The van der Waals surface area contributed by atoms with Gasteiger partial charge in [0.05, 0.1) is 5.57 Å². The number of aryl methyl sites for hydroxylation is 2. The maximum Gasteiger partial charge on any atom is 0.343 e. The third kappa shape index (κ3) is 2.70. The average Bonchev–Trinajstić information content (AvgIpc) is 2.85. The van der Waals surface area contributed by atoms with E-state index in [0.717, 1.165) is 16.7 Å². The highest BCUT2D eigenvalue weighted by atomic mass is 19.1. The SMILES string of the molecule is Cc1ccc(C)c(C2=C/C(=C\c3ccccc3F)C(=O)O2)c1. The van der Waals surface area contributed by atoms with Crippen molar-refractivity contribution in [3.8, 4) is 0 Å². The second kappa shape index (κ2) is 5.60. The molecule has 1 aliphatic rings. The van der Waals surface area contributed by atoms with Gasteiger partial charge < -0.3 is 4.74 Å². The van der Waals surface area contributed by atoms with E-state index in [1.54, 1.807) is 24.3 Å². The van der Waals surface area contributed by atoms with Crippen molar-refractivity contribution in [3.63, 3.8) is 0 Å². The predicted molar refractivity (Wildman–Crippen MR) is 84.4 cm³/mol. The Morgan fingerprint density at radius 1 is 1.09 bits per heavy atom. The van der Waals surface area contributed by atoms with Crippen LogP contribution in [0.2, 0.25) is 0 Å². The van der Waals surface area contributed by atoms with Crippen molar-refractivity contribution >= 4 is 17.8 Å². The normalized spacial score (nSPS) is 15.9. The van der Waals surface area contributed by atoms with Gasteiger partial charge in [-0.25, -0.2) is 9.18 Å². The molecule has 0 spiro atoms. The Hall–Kier alpha value is -2.68. The highest BCUT2D eigenvalue weighted by Gasteiger charge is 2.23. The van der Waals surface area contributed by atoms with E-state index >= 15 is 0 Å². The van der Waals surface area contributed by atoms with Crippen molar-refractivity contribution in [2.75, 3.05) is 0 Å². The number of carbonyl (C=O) groups is 1. The van der Waals surface area contributed by atoms with Crippen LogP contribution in [0.15, 0.2) is 54.1 Å². The lowest BCUT2D eigenvalue weighted by Gasteiger charge is -2.06. The fourth-order valence-electron chi connectivity index (χ4n) is 2.38. The second-order valence-electron chi connectivity index (χ2n) is 5.34. The molecule has 0 saturated heterocycles. The van der Waals surface area contributed by atoms with Crippen molar-refractivity contribution in [1.29, 1.82) is 0 Å². The van der Waals surface area contributed by atoms with Gasteiger partial charge in [-0.05, 0) is 43.7 Å². The van der Waals surface area contributed by atoms with Gasteiger partial charge in [0, 0.05) is 11.1 Å². The number of carbonyl (C=O) groups excluding carboxylic acids is 1. The summed E-state index contributed by atoms with van der Waals surface area (Å²) in [5.74, 6) is -0.315. The van der Waals surface area contributed by atoms with Gasteiger partial charge in [-0.15, -0.1) is 0 Å². The van der Waals surface area contributed by atoms with E-state index < -0.39 is 5.97 Å². The second-order valence-corrected chi connectivity index (χ2v) is 5.34. The molecule has 2 aromatic rings. The van der Waals surface area contributed by atoms with Crippen molar-refractivity contribution in [2.24, 2.45) is 0 Å². The third-order valence-corrected chi connectivity index (χ3v) is 3.60. The van der Waals surface area contributed by atoms with Crippen molar-refractivity contribution < 1.29 is 13.9 Å². The summed E-state index contributed by atoms with van der Waals surface area (Å²) in [5.41, 5.74) is 3.71. The van der Waals surface area contributed by atoms with Crippen LogP contribution in [0, 0.1) is 19.7 Å².